The number of rotatable bonds is 6. The molecule has 0 spiro atoms. The Morgan fingerprint density at radius 2 is 2.05 bits per heavy atom. The SMILES string of the molecule is COCCNC(=O)CNC(=O)c1ccc(F)cc1C. The Labute approximate surface area is 111 Å². The molecule has 0 fully saturated rings. The van der Waals surface area contributed by atoms with E-state index in [9.17, 15) is 14.0 Å². The van der Waals surface area contributed by atoms with E-state index in [-0.39, 0.29) is 12.5 Å². The van der Waals surface area contributed by atoms with Gasteiger partial charge in [0.25, 0.3) is 5.91 Å². The summed E-state index contributed by atoms with van der Waals surface area (Å²) in [7, 11) is 1.53. The van der Waals surface area contributed by atoms with Crippen LogP contribution in [0.5, 0.6) is 0 Å². The number of ether oxygens (including phenoxy) is 1. The normalized spacial score (nSPS) is 10.1. The lowest BCUT2D eigenvalue weighted by molar-refractivity contribution is -0.120. The molecule has 2 N–H and O–H groups in total. The first kappa shape index (κ1) is 15.1. The van der Waals surface area contributed by atoms with Crippen LogP contribution in [0.15, 0.2) is 18.2 Å². The summed E-state index contributed by atoms with van der Waals surface area (Å²) in [5.41, 5.74) is 0.878. The fourth-order valence-electron chi connectivity index (χ4n) is 1.49. The molecule has 0 atom stereocenters. The quantitative estimate of drug-likeness (QED) is 0.743. The van der Waals surface area contributed by atoms with Crippen molar-refractivity contribution in [1.82, 2.24) is 10.6 Å². The van der Waals surface area contributed by atoms with Crippen molar-refractivity contribution < 1.29 is 18.7 Å². The van der Waals surface area contributed by atoms with E-state index in [1.807, 2.05) is 0 Å². The van der Waals surface area contributed by atoms with Crippen molar-refractivity contribution in [2.45, 2.75) is 6.92 Å². The average molecular weight is 268 g/mol. The Bertz CT molecular complexity index is 463. The summed E-state index contributed by atoms with van der Waals surface area (Å²) >= 11 is 0. The van der Waals surface area contributed by atoms with Gasteiger partial charge in [-0.25, -0.2) is 4.39 Å². The van der Waals surface area contributed by atoms with E-state index in [2.05, 4.69) is 10.6 Å². The number of carbonyl (C=O) groups excluding carboxylic acids is 2. The highest BCUT2D eigenvalue weighted by atomic mass is 19.1. The predicted octanol–water partition coefficient (Wildman–Crippen LogP) is 0.627. The van der Waals surface area contributed by atoms with Gasteiger partial charge < -0.3 is 15.4 Å². The summed E-state index contributed by atoms with van der Waals surface area (Å²) in [6.45, 7) is 2.31. The minimum atomic E-state index is -0.403. The van der Waals surface area contributed by atoms with Gasteiger partial charge in [0.15, 0.2) is 0 Å². The molecule has 0 saturated heterocycles. The maximum absolute atomic E-state index is 12.9. The molecule has 2 amide bonds. The van der Waals surface area contributed by atoms with Crippen molar-refractivity contribution in [3.8, 4) is 0 Å². The van der Waals surface area contributed by atoms with Crippen LogP contribution in [0.2, 0.25) is 0 Å². The maximum atomic E-state index is 12.9. The van der Waals surface area contributed by atoms with Gasteiger partial charge in [0.1, 0.15) is 5.82 Å². The lowest BCUT2D eigenvalue weighted by Gasteiger charge is -2.08. The van der Waals surface area contributed by atoms with Crippen LogP contribution in [-0.4, -0.2) is 38.6 Å². The standard InChI is InChI=1S/C13H17FN2O3/c1-9-7-10(14)3-4-11(9)13(18)16-8-12(17)15-5-6-19-2/h3-4,7H,5-6,8H2,1-2H3,(H,15,17)(H,16,18). The van der Waals surface area contributed by atoms with Crippen LogP contribution in [0.4, 0.5) is 4.39 Å². The van der Waals surface area contributed by atoms with E-state index in [4.69, 9.17) is 4.74 Å². The first-order valence-corrected chi connectivity index (χ1v) is 5.84. The van der Waals surface area contributed by atoms with Crippen LogP contribution in [0.1, 0.15) is 15.9 Å². The zero-order valence-electron chi connectivity index (χ0n) is 11.0. The van der Waals surface area contributed by atoms with Crippen LogP contribution in [-0.2, 0) is 9.53 Å². The number of aryl methyl sites for hydroxylation is 1. The zero-order valence-corrected chi connectivity index (χ0v) is 11.0. The molecule has 1 aromatic carbocycles. The molecule has 0 heterocycles. The lowest BCUT2D eigenvalue weighted by atomic mass is 10.1. The number of carbonyl (C=O) groups is 2. The van der Waals surface area contributed by atoms with Gasteiger partial charge in [-0.05, 0) is 30.7 Å². The summed E-state index contributed by atoms with van der Waals surface area (Å²) in [4.78, 5) is 23.1. The summed E-state index contributed by atoms with van der Waals surface area (Å²) in [5, 5.41) is 5.05. The van der Waals surface area contributed by atoms with Crippen molar-refractivity contribution in [2.24, 2.45) is 0 Å². The Hall–Kier alpha value is -1.95. The molecule has 0 unspecified atom stereocenters. The minimum absolute atomic E-state index is 0.126. The van der Waals surface area contributed by atoms with Gasteiger partial charge in [0, 0.05) is 19.2 Å². The molecule has 1 rings (SSSR count). The van der Waals surface area contributed by atoms with Crippen LogP contribution in [0.3, 0.4) is 0 Å². The molecule has 19 heavy (non-hydrogen) atoms. The third-order valence-corrected chi connectivity index (χ3v) is 2.47. The Kier molecular flexibility index (Phi) is 5.95. The fourth-order valence-corrected chi connectivity index (χ4v) is 1.49. The lowest BCUT2D eigenvalue weighted by Crippen LogP contribution is -2.38. The largest absolute Gasteiger partial charge is 0.383 e. The van der Waals surface area contributed by atoms with Gasteiger partial charge in [-0.3, -0.25) is 9.59 Å². The topological polar surface area (TPSA) is 67.4 Å². The molecule has 1 aromatic rings. The molecule has 0 aliphatic carbocycles. The minimum Gasteiger partial charge on any atom is -0.383 e. The monoisotopic (exact) mass is 268 g/mol. The zero-order chi connectivity index (χ0) is 14.3. The van der Waals surface area contributed by atoms with E-state index in [1.54, 1.807) is 6.92 Å². The second kappa shape index (κ2) is 7.48. The van der Waals surface area contributed by atoms with Crippen LogP contribution < -0.4 is 10.6 Å². The molecule has 0 aromatic heterocycles. The van der Waals surface area contributed by atoms with E-state index >= 15 is 0 Å². The summed E-state index contributed by atoms with van der Waals surface area (Å²) < 4.78 is 17.7. The average Bonchev–Trinajstić information content (AvgIpc) is 2.36. The van der Waals surface area contributed by atoms with Gasteiger partial charge in [-0.1, -0.05) is 0 Å². The number of methoxy groups -OCH3 is 1. The molecular weight excluding hydrogens is 251 g/mol. The molecule has 0 radical (unpaired) electrons. The van der Waals surface area contributed by atoms with E-state index in [0.717, 1.165) is 0 Å². The van der Waals surface area contributed by atoms with Gasteiger partial charge in [-0.15, -0.1) is 0 Å². The highest BCUT2D eigenvalue weighted by molar-refractivity contribution is 5.97. The summed E-state index contributed by atoms with van der Waals surface area (Å²) in [5.74, 6) is -1.10. The molecule has 0 aliphatic heterocycles. The molecular formula is C13H17FN2O3. The van der Waals surface area contributed by atoms with Gasteiger partial charge in [-0.2, -0.15) is 0 Å². The third-order valence-electron chi connectivity index (χ3n) is 2.47. The number of hydrogen-bond donors (Lipinski definition) is 2. The van der Waals surface area contributed by atoms with Crippen molar-refractivity contribution in [3.05, 3.63) is 35.1 Å². The molecule has 0 saturated carbocycles. The van der Waals surface area contributed by atoms with Gasteiger partial charge >= 0.3 is 0 Å². The second-order valence-electron chi connectivity index (χ2n) is 3.98. The van der Waals surface area contributed by atoms with Crippen LogP contribution >= 0.6 is 0 Å². The van der Waals surface area contributed by atoms with Crippen molar-refractivity contribution in [2.75, 3.05) is 26.8 Å². The first-order chi connectivity index (χ1) is 9.04. The Balaban J connectivity index is 2.45. The number of benzene rings is 1. The molecule has 5 nitrogen and oxygen atoms in total. The van der Waals surface area contributed by atoms with E-state index < -0.39 is 11.7 Å². The second-order valence-corrected chi connectivity index (χ2v) is 3.98. The number of halogens is 1. The van der Waals surface area contributed by atoms with E-state index in [1.165, 1.54) is 25.3 Å². The highest BCUT2D eigenvalue weighted by Crippen LogP contribution is 2.09. The van der Waals surface area contributed by atoms with Gasteiger partial charge in [0.2, 0.25) is 5.91 Å². The molecule has 0 aliphatic rings. The Morgan fingerprint density at radius 1 is 1.32 bits per heavy atom. The van der Waals surface area contributed by atoms with Gasteiger partial charge in [0.05, 0.1) is 13.2 Å². The smallest absolute Gasteiger partial charge is 0.251 e. The summed E-state index contributed by atoms with van der Waals surface area (Å²) in [6.07, 6.45) is 0. The predicted molar refractivity (Wildman–Crippen MR) is 68.4 cm³/mol. The Morgan fingerprint density at radius 3 is 2.68 bits per heavy atom. The fraction of sp³-hybridized carbons (Fsp3) is 0.385. The number of amides is 2. The van der Waals surface area contributed by atoms with E-state index in [0.29, 0.717) is 24.3 Å². The summed E-state index contributed by atoms with van der Waals surface area (Å²) in [6, 6.07) is 3.87. The first-order valence-electron chi connectivity index (χ1n) is 5.84. The van der Waals surface area contributed by atoms with Crippen molar-refractivity contribution in [3.63, 3.8) is 0 Å². The third kappa shape index (κ3) is 5.05. The van der Waals surface area contributed by atoms with Crippen molar-refractivity contribution >= 4 is 11.8 Å². The van der Waals surface area contributed by atoms with Crippen molar-refractivity contribution in [1.29, 1.82) is 0 Å². The highest BCUT2D eigenvalue weighted by Gasteiger charge is 2.10. The molecule has 0 bridgehead atoms. The maximum Gasteiger partial charge on any atom is 0.251 e. The van der Waals surface area contributed by atoms with Crippen LogP contribution in [0.25, 0.3) is 0 Å². The number of nitrogens with one attached hydrogen (secondary N) is 2. The number of hydrogen-bond acceptors (Lipinski definition) is 3. The van der Waals surface area contributed by atoms with Crippen LogP contribution in [0, 0.1) is 12.7 Å². The molecule has 104 valence electrons. The molecule has 6 heteroatoms.